The fraction of sp³-hybridized carbons (Fsp3) is 0.583. The van der Waals surface area contributed by atoms with E-state index in [-0.39, 0.29) is 5.91 Å². The lowest BCUT2D eigenvalue weighted by atomic mass is 10.1. The van der Waals surface area contributed by atoms with E-state index in [1.165, 1.54) is 0 Å². The second-order valence-corrected chi connectivity index (χ2v) is 5.19. The van der Waals surface area contributed by atoms with Crippen molar-refractivity contribution in [3.05, 3.63) is 18.2 Å². The van der Waals surface area contributed by atoms with E-state index >= 15 is 0 Å². The van der Waals surface area contributed by atoms with E-state index in [0.717, 1.165) is 5.82 Å². The highest BCUT2D eigenvalue weighted by Gasteiger charge is 2.65. The first-order valence-corrected chi connectivity index (χ1v) is 5.93. The summed E-state index contributed by atoms with van der Waals surface area (Å²) in [5.41, 5.74) is -0.444. The van der Waals surface area contributed by atoms with E-state index in [1.807, 2.05) is 13.8 Å². The van der Waals surface area contributed by atoms with Crippen molar-refractivity contribution in [1.29, 1.82) is 0 Å². The Labute approximate surface area is 105 Å². The summed E-state index contributed by atoms with van der Waals surface area (Å²) in [7, 11) is 0. The second kappa shape index (κ2) is 4.44. The van der Waals surface area contributed by atoms with Gasteiger partial charge in [-0.3, -0.25) is 9.59 Å². The lowest BCUT2D eigenvalue weighted by molar-refractivity contribution is -0.140. The first kappa shape index (κ1) is 12.6. The van der Waals surface area contributed by atoms with Crippen molar-refractivity contribution in [2.45, 2.75) is 20.3 Å². The minimum atomic E-state index is -0.897. The largest absolute Gasteiger partial charge is 0.481 e. The summed E-state index contributed by atoms with van der Waals surface area (Å²) in [6.45, 7) is 4.08. The number of imidazole rings is 1. The fourth-order valence-electron chi connectivity index (χ4n) is 2.44. The van der Waals surface area contributed by atoms with Crippen molar-refractivity contribution in [2.75, 3.05) is 6.54 Å². The standard InChI is InChI=1S/C12H17N3O3/c1-12(2)8(9(12)11(17)18)10(16)15-4-3-7-13-5-6-14-7/h5-6,8-9H,3-4H2,1-2H3,(H,13,14)(H,15,16)(H,17,18). The predicted octanol–water partition coefficient (Wildman–Crippen LogP) is 0.425. The van der Waals surface area contributed by atoms with Crippen molar-refractivity contribution in [2.24, 2.45) is 17.3 Å². The Bertz CT molecular complexity index is 453. The fourth-order valence-corrected chi connectivity index (χ4v) is 2.44. The number of carboxylic acid groups (broad SMARTS) is 1. The van der Waals surface area contributed by atoms with Crippen LogP contribution >= 0.6 is 0 Å². The molecule has 2 atom stereocenters. The van der Waals surface area contributed by atoms with Crippen LogP contribution in [0.2, 0.25) is 0 Å². The lowest BCUT2D eigenvalue weighted by Crippen LogP contribution is -2.29. The average Bonchev–Trinajstić information content (AvgIpc) is 2.65. The molecule has 1 aliphatic rings. The Morgan fingerprint density at radius 3 is 2.72 bits per heavy atom. The van der Waals surface area contributed by atoms with Crippen molar-refractivity contribution in [1.82, 2.24) is 15.3 Å². The van der Waals surface area contributed by atoms with Gasteiger partial charge in [0.2, 0.25) is 5.91 Å². The highest BCUT2D eigenvalue weighted by atomic mass is 16.4. The third kappa shape index (κ3) is 2.23. The maximum absolute atomic E-state index is 11.9. The van der Waals surface area contributed by atoms with Gasteiger partial charge in [0, 0.05) is 25.4 Å². The molecule has 3 N–H and O–H groups in total. The molecule has 2 rings (SSSR count). The van der Waals surface area contributed by atoms with Crippen LogP contribution in [-0.4, -0.2) is 33.5 Å². The quantitative estimate of drug-likeness (QED) is 0.707. The first-order valence-electron chi connectivity index (χ1n) is 5.93. The molecule has 18 heavy (non-hydrogen) atoms. The number of aliphatic carboxylic acids is 1. The summed E-state index contributed by atoms with van der Waals surface area (Å²) in [6.07, 6.45) is 3.99. The van der Waals surface area contributed by atoms with E-state index in [9.17, 15) is 9.59 Å². The number of rotatable bonds is 5. The van der Waals surface area contributed by atoms with Gasteiger partial charge in [-0.15, -0.1) is 0 Å². The van der Waals surface area contributed by atoms with E-state index in [4.69, 9.17) is 5.11 Å². The van der Waals surface area contributed by atoms with Crippen LogP contribution in [-0.2, 0) is 16.0 Å². The number of hydrogen-bond acceptors (Lipinski definition) is 3. The Morgan fingerprint density at radius 2 is 2.22 bits per heavy atom. The highest BCUT2D eigenvalue weighted by molar-refractivity contribution is 5.91. The molecule has 0 saturated heterocycles. The third-order valence-corrected chi connectivity index (χ3v) is 3.59. The molecule has 0 radical (unpaired) electrons. The molecule has 0 spiro atoms. The molecular weight excluding hydrogens is 234 g/mol. The number of hydrogen-bond donors (Lipinski definition) is 3. The number of aromatic nitrogens is 2. The lowest BCUT2D eigenvalue weighted by Gasteiger charge is -2.04. The van der Waals surface area contributed by atoms with Crippen LogP contribution in [0.5, 0.6) is 0 Å². The number of amides is 1. The zero-order valence-electron chi connectivity index (χ0n) is 10.4. The summed E-state index contributed by atoms with van der Waals surface area (Å²) < 4.78 is 0. The van der Waals surface area contributed by atoms with Crippen LogP contribution in [0.4, 0.5) is 0 Å². The van der Waals surface area contributed by atoms with Gasteiger partial charge in [-0.1, -0.05) is 13.8 Å². The molecule has 1 saturated carbocycles. The number of aromatic amines is 1. The second-order valence-electron chi connectivity index (χ2n) is 5.19. The van der Waals surface area contributed by atoms with Gasteiger partial charge in [0.25, 0.3) is 0 Å². The number of nitrogens with zero attached hydrogens (tertiary/aromatic N) is 1. The van der Waals surface area contributed by atoms with Crippen LogP contribution in [0.1, 0.15) is 19.7 Å². The summed E-state index contributed by atoms with van der Waals surface area (Å²) in [5.74, 6) is -1.27. The Balaban J connectivity index is 1.81. The molecule has 1 heterocycles. The van der Waals surface area contributed by atoms with Crippen LogP contribution in [0.3, 0.4) is 0 Å². The number of carboxylic acids is 1. The van der Waals surface area contributed by atoms with Gasteiger partial charge >= 0.3 is 5.97 Å². The smallest absolute Gasteiger partial charge is 0.307 e. The maximum atomic E-state index is 11.9. The minimum Gasteiger partial charge on any atom is -0.481 e. The van der Waals surface area contributed by atoms with Crippen LogP contribution in [0.25, 0.3) is 0 Å². The van der Waals surface area contributed by atoms with Crippen LogP contribution < -0.4 is 5.32 Å². The Hall–Kier alpha value is -1.85. The molecule has 0 aliphatic heterocycles. The summed E-state index contributed by atoms with van der Waals surface area (Å²) >= 11 is 0. The van der Waals surface area contributed by atoms with Crippen molar-refractivity contribution in [3.8, 4) is 0 Å². The predicted molar refractivity (Wildman–Crippen MR) is 63.7 cm³/mol. The molecule has 98 valence electrons. The topological polar surface area (TPSA) is 95.1 Å². The van der Waals surface area contributed by atoms with Crippen LogP contribution in [0, 0.1) is 17.3 Å². The van der Waals surface area contributed by atoms with Gasteiger partial charge in [0.1, 0.15) is 5.82 Å². The van der Waals surface area contributed by atoms with Crippen molar-refractivity contribution in [3.63, 3.8) is 0 Å². The molecule has 0 bridgehead atoms. The zero-order valence-corrected chi connectivity index (χ0v) is 10.4. The van der Waals surface area contributed by atoms with Gasteiger partial charge in [-0.25, -0.2) is 4.98 Å². The van der Waals surface area contributed by atoms with Crippen LogP contribution in [0.15, 0.2) is 12.4 Å². The molecule has 0 aromatic carbocycles. The number of nitrogens with one attached hydrogen (secondary N) is 2. The molecule has 6 nitrogen and oxygen atoms in total. The number of carbonyl (C=O) groups is 2. The SMILES string of the molecule is CC1(C)C(C(=O)O)C1C(=O)NCCc1ncc[nH]1. The molecule has 2 unspecified atom stereocenters. The average molecular weight is 251 g/mol. The van der Waals surface area contributed by atoms with Gasteiger partial charge in [-0.05, 0) is 5.41 Å². The number of H-pyrrole nitrogens is 1. The van der Waals surface area contributed by atoms with Gasteiger partial charge in [-0.2, -0.15) is 0 Å². The molecule has 6 heteroatoms. The first-order chi connectivity index (χ1) is 8.44. The maximum Gasteiger partial charge on any atom is 0.307 e. The molecule has 1 amide bonds. The molecule has 1 aliphatic carbocycles. The zero-order chi connectivity index (χ0) is 13.3. The summed E-state index contributed by atoms with van der Waals surface area (Å²) in [6, 6.07) is 0. The summed E-state index contributed by atoms with van der Waals surface area (Å²) in [5, 5.41) is 11.7. The van der Waals surface area contributed by atoms with E-state index in [0.29, 0.717) is 13.0 Å². The Kier molecular flexibility index (Phi) is 3.11. The van der Waals surface area contributed by atoms with Gasteiger partial charge in [0.05, 0.1) is 11.8 Å². The minimum absolute atomic E-state index is 0.182. The van der Waals surface area contributed by atoms with E-state index < -0.39 is 23.2 Å². The van der Waals surface area contributed by atoms with Crippen molar-refractivity contribution >= 4 is 11.9 Å². The highest BCUT2D eigenvalue weighted by Crippen LogP contribution is 2.58. The number of carbonyl (C=O) groups excluding carboxylic acids is 1. The van der Waals surface area contributed by atoms with E-state index in [2.05, 4.69) is 15.3 Å². The molecule has 1 fully saturated rings. The molecule has 1 aromatic heterocycles. The molecular formula is C12H17N3O3. The van der Waals surface area contributed by atoms with Gasteiger partial charge < -0.3 is 15.4 Å². The third-order valence-electron chi connectivity index (χ3n) is 3.59. The normalized spacial score (nSPS) is 24.6. The molecule has 1 aromatic rings. The Morgan fingerprint density at radius 1 is 1.50 bits per heavy atom. The van der Waals surface area contributed by atoms with Gasteiger partial charge in [0.15, 0.2) is 0 Å². The van der Waals surface area contributed by atoms with E-state index in [1.54, 1.807) is 12.4 Å². The summed E-state index contributed by atoms with van der Waals surface area (Å²) in [4.78, 5) is 29.8. The monoisotopic (exact) mass is 251 g/mol. The van der Waals surface area contributed by atoms with Crippen molar-refractivity contribution < 1.29 is 14.7 Å².